The van der Waals surface area contributed by atoms with E-state index in [2.05, 4.69) is 26.5 Å². The van der Waals surface area contributed by atoms with Gasteiger partial charge in [-0.05, 0) is 47.1 Å². The predicted molar refractivity (Wildman–Crippen MR) is 85.4 cm³/mol. The number of furan rings is 1. The van der Waals surface area contributed by atoms with Crippen molar-refractivity contribution < 1.29 is 18.7 Å². The van der Waals surface area contributed by atoms with Gasteiger partial charge < -0.3 is 13.9 Å². The van der Waals surface area contributed by atoms with E-state index in [9.17, 15) is 4.79 Å². The van der Waals surface area contributed by atoms with E-state index in [0.717, 1.165) is 16.0 Å². The number of amides is 1. The molecule has 0 fully saturated rings. The number of carbonyl (C=O) groups excluding carboxylic acids is 1. The first-order valence-electron chi connectivity index (χ1n) is 6.43. The van der Waals surface area contributed by atoms with Gasteiger partial charge in [-0.25, -0.2) is 5.43 Å². The molecule has 0 saturated heterocycles. The average Bonchev–Trinajstić information content (AvgIpc) is 2.84. The summed E-state index contributed by atoms with van der Waals surface area (Å²) in [5, 5.41) is 3.80. The van der Waals surface area contributed by atoms with Gasteiger partial charge in [0, 0.05) is 6.07 Å². The first-order valence-corrected chi connectivity index (χ1v) is 7.22. The zero-order chi connectivity index (χ0) is 15.9. The molecule has 0 saturated carbocycles. The first kappa shape index (κ1) is 16.1. The van der Waals surface area contributed by atoms with Gasteiger partial charge in [0.1, 0.15) is 23.0 Å². The molecule has 1 aromatic carbocycles. The van der Waals surface area contributed by atoms with E-state index < -0.39 is 0 Å². The highest BCUT2D eigenvalue weighted by Gasteiger charge is 2.04. The van der Waals surface area contributed by atoms with Crippen LogP contribution in [0.1, 0.15) is 11.5 Å². The third-order valence-corrected chi connectivity index (χ3v) is 3.47. The Hall–Kier alpha value is -2.28. The summed E-state index contributed by atoms with van der Waals surface area (Å²) in [5.41, 5.74) is 2.36. The number of carbonyl (C=O) groups is 1. The van der Waals surface area contributed by atoms with Gasteiger partial charge in [0.25, 0.3) is 5.91 Å². The molecule has 0 radical (unpaired) electrons. The Morgan fingerprint density at radius 2 is 2.05 bits per heavy atom. The van der Waals surface area contributed by atoms with Crippen molar-refractivity contribution in [3.63, 3.8) is 0 Å². The van der Waals surface area contributed by atoms with E-state index >= 15 is 0 Å². The predicted octanol–water partition coefficient (Wildman–Crippen LogP) is 2.89. The van der Waals surface area contributed by atoms with E-state index in [0.29, 0.717) is 11.5 Å². The number of hydrazone groups is 1. The molecule has 1 aromatic heterocycles. The molecule has 22 heavy (non-hydrogen) atoms. The van der Waals surface area contributed by atoms with Crippen LogP contribution in [0.3, 0.4) is 0 Å². The van der Waals surface area contributed by atoms with Crippen molar-refractivity contribution in [1.82, 2.24) is 5.43 Å². The molecular weight excluding hydrogens is 352 g/mol. The second-order valence-electron chi connectivity index (χ2n) is 4.31. The van der Waals surface area contributed by atoms with Gasteiger partial charge in [0.15, 0.2) is 6.61 Å². The summed E-state index contributed by atoms with van der Waals surface area (Å²) in [5.74, 6) is 2.22. The van der Waals surface area contributed by atoms with E-state index in [4.69, 9.17) is 13.9 Å². The van der Waals surface area contributed by atoms with Crippen LogP contribution < -0.4 is 14.9 Å². The molecule has 0 spiro atoms. The molecule has 0 aliphatic carbocycles. The van der Waals surface area contributed by atoms with Crippen molar-refractivity contribution in [3.05, 3.63) is 46.3 Å². The maximum absolute atomic E-state index is 11.6. The largest absolute Gasteiger partial charge is 0.497 e. The number of nitrogens with one attached hydrogen (secondary N) is 1. The summed E-state index contributed by atoms with van der Waals surface area (Å²) in [6, 6.07) is 8.71. The topological polar surface area (TPSA) is 73.1 Å². The SMILES string of the molecule is COc1ccc(OCC(=O)N/N=C/c2cc(Br)c(C)o2)cc1. The van der Waals surface area contributed by atoms with E-state index in [1.807, 2.05) is 6.92 Å². The van der Waals surface area contributed by atoms with Crippen LogP contribution in [-0.4, -0.2) is 25.8 Å². The number of aryl methyl sites for hydroxylation is 1. The molecule has 0 atom stereocenters. The van der Waals surface area contributed by atoms with Gasteiger partial charge in [0.2, 0.25) is 0 Å². The summed E-state index contributed by atoms with van der Waals surface area (Å²) in [6.07, 6.45) is 1.42. The normalized spacial score (nSPS) is 10.7. The number of benzene rings is 1. The Balaban J connectivity index is 1.77. The fourth-order valence-electron chi connectivity index (χ4n) is 1.57. The van der Waals surface area contributed by atoms with Gasteiger partial charge in [-0.2, -0.15) is 5.10 Å². The summed E-state index contributed by atoms with van der Waals surface area (Å²) in [6.45, 7) is 1.69. The number of hydrogen-bond acceptors (Lipinski definition) is 5. The number of halogens is 1. The Morgan fingerprint density at radius 1 is 1.36 bits per heavy atom. The van der Waals surface area contributed by atoms with Crippen molar-refractivity contribution in [3.8, 4) is 11.5 Å². The minimum atomic E-state index is -0.366. The number of rotatable bonds is 6. The molecule has 7 heteroatoms. The monoisotopic (exact) mass is 366 g/mol. The second kappa shape index (κ2) is 7.65. The van der Waals surface area contributed by atoms with Crippen molar-refractivity contribution in [1.29, 1.82) is 0 Å². The highest BCUT2D eigenvalue weighted by atomic mass is 79.9. The highest BCUT2D eigenvalue weighted by Crippen LogP contribution is 2.19. The van der Waals surface area contributed by atoms with Gasteiger partial charge in [-0.3, -0.25) is 4.79 Å². The van der Waals surface area contributed by atoms with Crippen LogP contribution in [0.5, 0.6) is 11.5 Å². The molecule has 2 rings (SSSR count). The fraction of sp³-hybridized carbons (Fsp3) is 0.200. The Bertz CT molecular complexity index is 645. The Kier molecular flexibility index (Phi) is 5.60. The van der Waals surface area contributed by atoms with Crippen LogP contribution in [0, 0.1) is 6.92 Å². The van der Waals surface area contributed by atoms with Crippen LogP contribution in [0.25, 0.3) is 0 Å². The van der Waals surface area contributed by atoms with Gasteiger partial charge >= 0.3 is 0 Å². The molecule has 6 nitrogen and oxygen atoms in total. The minimum absolute atomic E-state index is 0.134. The molecule has 0 unspecified atom stereocenters. The van der Waals surface area contributed by atoms with Crippen molar-refractivity contribution in [2.75, 3.05) is 13.7 Å². The summed E-state index contributed by atoms with van der Waals surface area (Å²) < 4.78 is 16.6. The number of hydrogen-bond donors (Lipinski definition) is 1. The minimum Gasteiger partial charge on any atom is -0.497 e. The van der Waals surface area contributed by atoms with Crippen LogP contribution in [-0.2, 0) is 4.79 Å². The van der Waals surface area contributed by atoms with E-state index in [1.54, 1.807) is 37.4 Å². The standard InChI is InChI=1S/C15H15BrN2O4/c1-10-14(16)7-13(22-10)8-17-18-15(19)9-21-12-5-3-11(20-2)4-6-12/h3-8H,9H2,1-2H3,(H,18,19)/b17-8+. The lowest BCUT2D eigenvalue weighted by Crippen LogP contribution is -2.24. The Labute approximate surface area is 136 Å². The number of ether oxygens (including phenoxy) is 2. The lowest BCUT2D eigenvalue weighted by molar-refractivity contribution is -0.123. The molecular formula is C15H15BrN2O4. The lowest BCUT2D eigenvalue weighted by Gasteiger charge is -2.05. The average molecular weight is 367 g/mol. The molecule has 1 heterocycles. The first-order chi connectivity index (χ1) is 10.6. The molecule has 0 aliphatic rings. The van der Waals surface area contributed by atoms with E-state index in [-0.39, 0.29) is 12.5 Å². The maximum atomic E-state index is 11.6. The molecule has 0 bridgehead atoms. The summed E-state index contributed by atoms with van der Waals surface area (Å²) in [7, 11) is 1.58. The summed E-state index contributed by atoms with van der Waals surface area (Å²) in [4.78, 5) is 11.6. The van der Waals surface area contributed by atoms with Gasteiger partial charge in [-0.15, -0.1) is 0 Å². The van der Waals surface area contributed by atoms with Crippen LogP contribution in [0.15, 0.2) is 44.3 Å². The van der Waals surface area contributed by atoms with E-state index in [1.165, 1.54) is 6.21 Å². The smallest absolute Gasteiger partial charge is 0.277 e. The molecule has 0 aliphatic heterocycles. The molecule has 1 N–H and O–H groups in total. The third-order valence-electron chi connectivity index (χ3n) is 2.69. The summed E-state index contributed by atoms with van der Waals surface area (Å²) >= 11 is 3.33. The highest BCUT2D eigenvalue weighted by molar-refractivity contribution is 9.10. The zero-order valence-electron chi connectivity index (χ0n) is 12.1. The third kappa shape index (κ3) is 4.63. The van der Waals surface area contributed by atoms with Crippen LogP contribution in [0.4, 0.5) is 0 Å². The fourth-order valence-corrected chi connectivity index (χ4v) is 1.87. The number of methoxy groups -OCH3 is 1. The maximum Gasteiger partial charge on any atom is 0.277 e. The Morgan fingerprint density at radius 3 is 2.64 bits per heavy atom. The molecule has 1 amide bonds. The van der Waals surface area contributed by atoms with Crippen molar-refractivity contribution in [2.24, 2.45) is 5.10 Å². The van der Waals surface area contributed by atoms with Crippen molar-refractivity contribution in [2.45, 2.75) is 6.92 Å². The zero-order valence-corrected chi connectivity index (χ0v) is 13.7. The lowest BCUT2D eigenvalue weighted by atomic mass is 10.3. The van der Waals surface area contributed by atoms with Gasteiger partial charge in [-0.1, -0.05) is 0 Å². The molecule has 2 aromatic rings. The van der Waals surface area contributed by atoms with Crippen LogP contribution >= 0.6 is 15.9 Å². The number of nitrogens with zero attached hydrogens (tertiary/aromatic N) is 1. The van der Waals surface area contributed by atoms with Crippen LogP contribution in [0.2, 0.25) is 0 Å². The second-order valence-corrected chi connectivity index (χ2v) is 5.16. The van der Waals surface area contributed by atoms with Crippen molar-refractivity contribution >= 4 is 28.1 Å². The van der Waals surface area contributed by atoms with Gasteiger partial charge in [0.05, 0.1) is 17.8 Å². The molecule has 116 valence electrons. The quantitative estimate of drug-likeness (QED) is 0.630.